The number of barbiturate groups is 1. The van der Waals surface area contributed by atoms with Gasteiger partial charge in [-0.05, 0) is 35.9 Å². The Morgan fingerprint density at radius 3 is 2.75 bits per heavy atom. The molecule has 1 fully saturated rings. The molecule has 0 saturated carbocycles. The third-order valence-corrected chi connectivity index (χ3v) is 3.48. The number of hydrogen-bond donors (Lipinski definition) is 1. The SMILES string of the molecule is COc1cccc(/C=C2\C(=O)NC(=O)N(Cc3ccco3)C2=O)c1. The van der Waals surface area contributed by atoms with Crippen molar-refractivity contribution in [2.45, 2.75) is 6.54 Å². The largest absolute Gasteiger partial charge is 0.497 e. The Kier molecular flexibility index (Phi) is 4.15. The summed E-state index contributed by atoms with van der Waals surface area (Å²) < 4.78 is 10.3. The molecular weight excluding hydrogens is 312 g/mol. The third kappa shape index (κ3) is 3.05. The summed E-state index contributed by atoms with van der Waals surface area (Å²) in [5, 5.41) is 2.16. The lowest BCUT2D eigenvalue weighted by Gasteiger charge is -2.25. The second-order valence-electron chi connectivity index (χ2n) is 5.06. The van der Waals surface area contributed by atoms with Crippen molar-refractivity contribution in [1.82, 2.24) is 10.2 Å². The van der Waals surface area contributed by atoms with Crippen LogP contribution in [0.5, 0.6) is 5.75 Å². The number of nitrogens with one attached hydrogen (secondary N) is 1. The minimum Gasteiger partial charge on any atom is -0.497 e. The van der Waals surface area contributed by atoms with Gasteiger partial charge in [-0.3, -0.25) is 19.8 Å². The molecule has 2 aromatic rings. The van der Waals surface area contributed by atoms with E-state index in [0.717, 1.165) is 4.90 Å². The fourth-order valence-corrected chi connectivity index (χ4v) is 2.29. The van der Waals surface area contributed by atoms with Gasteiger partial charge in [0, 0.05) is 0 Å². The van der Waals surface area contributed by atoms with Crippen molar-refractivity contribution in [3.8, 4) is 5.75 Å². The lowest BCUT2D eigenvalue weighted by atomic mass is 10.1. The van der Waals surface area contributed by atoms with E-state index in [9.17, 15) is 14.4 Å². The number of furan rings is 1. The zero-order chi connectivity index (χ0) is 17.1. The quantitative estimate of drug-likeness (QED) is 0.685. The number of ether oxygens (including phenoxy) is 1. The van der Waals surface area contributed by atoms with Gasteiger partial charge in [0.1, 0.15) is 17.1 Å². The summed E-state index contributed by atoms with van der Waals surface area (Å²) in [5.41, 5.74) is 0.481. The second-order valence-corrected chi connectivity index (χ2v) is 5.06. The minimum atomic E-state index is -0.774. The van der Waals surface area contributed by atoms with Gasteiger partial charge in [0.25, 0.3) is 11.8 Å². The number of urea groups is 1. The molecule has 7 nitrogen and oxygen atoms in total. The van der Waals surface area contributed by atoms with E-state index in [1.54, 1.807) is 36.4 Å². The average molecular weight is 326 g/mol. The molecule has 0 unspecified atom stereocenters. The molecule has 1 aromatic heterocycles. The third-order valence-electron chi connectivity index (χ3n) is 3.48. The number of rotatable bonds is 4. The zero-order valence-corrected chi connectivity index (χ0v) is 12.8. The Balaban J connectivity index is 1.91. The molecule has 1 aliphatic rings. The highest BCUT2D eigenvalue weighted by Crippen LogP contribution is 2.19. The number of nitrogens with zero attached hydrogens (tertiary/aromatic N) is 1. The fourth-order valence-electron chi connectivity index (χ4n) is 2.29. The van der Waals surface area contributed by atoms with Crippen LogP contribution in [-0.4, -0.2) is 29.9 Å². The van der Waals surface area contributed by atoms with Gasteiger partial charge in [0.05, 0.1) is 19.9 Å². The number of carbonyl (C=O) groups is 3. The summed E-state index contributed by atoms with van der Waals surface area (Å²) in [5.74, 6) is -0.378. The molecule has 1 aliphatic heterocycles. The smallest absolute Gasteiger partial charge is 0.331 e. The molecule has 0 aliphatic carbocycles. The lowest BCUT2D eigenvalue weighted by molar-refractivity contribution is -0.130. The minimum absolute atomic E-state index is 0.0552. The van der Waals surface area contributed by atoms with Crippen molar-refractivity contribution in [3.63, 3.8) is 0 Å². The van der Waals surface area contributed by atoms with Crippen LogP contribution in [0.2, 0.25) is 0 Å². The molecule has 0 bridgehead atoms. The number of benzene rings is 1. The Labute approximate surface area is 137 Å². The van der Waals surface area contributed by atoms with E-state index in [4.69, 9.17) is 9.15 Å². The number of amides is 4. The summed E-state index contributed by atoms with van der Waals surface area (Å²) >= 11 is 0. The molecule has 2 heterocycles. The highest BCUT2D eigenvalue weighted by molar-refractivity contribution is 6.30. The molecule has 0 spiro atoms. The summed E-state index contributed by atoms with van der Waals surface area (Å²) in [6.07, 6.45) is 2.86. The van der Waals surface area contributed by atoms with Crippen LogP contribution in [0.15, 0.2) is 52.7 Å². The van der Waals surface area contributed by atoms with E-state index in [1.165, 1.54) is 19.4 Å². The number of carbonyl (C=O) groups excluding carboxylic acids is 3. The summed E-state index contributed by atoms with van der Waals surface area (Å²) in [6.45, 7) is -0.0552. The Bertz CT molecular complexity index is 823. The van der Waals surface area contributed by atoms with Crippen molar-refractivity contribution in [2.75, 3.05) is 7.11 Å². The first-order chi connectivity index (χ1) is 11.6. The van der Waals surface area contributed by atoms with Gasteiger partial charge in [-0.1, -0.05) is 12.1 Å². The topological polar surface area (TPSA) is 88.8 Å². The number of imide groups is 2. The first kappa shape index (κ1) is 15.5. The number of hydrogen-bond acceptors (Lipinski definition) is 5. The molecule has 1 saturated heterocycles. The van der Waals surface area contributed by atoms with E-state index in [1.807, 2.05) is 0 Å². The van der Waals surface area contributed by atoms with Gasteiger partial charge >= 0.3 is 6.03 Å². The molecule has 4 amide bonds. The van der Waals surface area contributed by atoms with Crippen LogP contribution in [0.1, 0.15) is 11.3 Å². The van der Waals surface area contributed by atoms with Crippen molar-refractivity contribution in [3.05, 3.63) is 59.6 Å². The van der Waals surface area contributed by atoms with E-state index in [2.05, 4.69) is 5.32 Å². The van der Waals surface area contributed by atoms with Crippen LogP contribution in [0.3, 0.4) is 0 Å². The van der Waals surface area contributed by atoms with Gasteiger partial charge in [-0.25, -0.2) is 4.79 Å². The van der Waals surface area contributed by atoms with Crippen molar-refractivity contribution in [2.24, 2.45) is 0 Å². The van der Waals surface area contributed by atoms with E-state index >= 15 is 0 Å². The Hall–Kier alpha value is -3.35. The van der Waals surface area contributed by atoms with Crippen LogP contribution in [0.4, 0.5) is 4.79 Å². The molecule has 1 aromatic carbocycles. The number of methoxy groups -OCH3 is 1. The van der Waals surface area contributed by atoms with Gasteiger partial charge in [0.15, 0.2) is 0 Å². The molecule has 0 radical (unpaired) electrons. The second kappa shape index (κ2) is 6.41. The van der Waals surface area contributed by atoms with Crippen molar-refractivity contribution < 1.29 is 23.5 Å². The van der Waals surface area contributed by atoms with Crippen LogP contribution in [0.25, 0.3) is 6.08 Å². The van der Waals surface area contributed by atoms with Crippen LogP contribution in [0, 0.1) is 0 Å². The van der Waals surface area contributed by atoms with Gasteiger partial charge in [0.2, 0.25) is 0 Å². The molecule has 122 valence electrons. The maximum atomic E-state index is 12.5. The Morgan fingerprint density at radius 2 is 2.04 bits per heavy atom. The molecule has 0 atom stereocenters. The predicted molar refractivity (Wildman–Crippen MR) is 83.8 cm³/mol. The van der Waals surface area contributed by atoms with Crippen LogP contribution >= 0.6 is 0 Å². The Morgan fingerprint density at radius 1 is 1.21 bits per heavy atom. The summed E-state index contributed by atoms with van der Waals surface area (Å²) in [6, 6.07) is 9.41. The zero-order valence-electron chi connectivity index (χ0n) is 12.8. The maximum Gasteiger partial charge on any atom is 0.331 e. The van der Waals surface area contributed by atoms with Gasteiger partial charge in [-0.2, -0.15) is 0 Å². The highest BCUT2D eigenvalue weighted by Gasteiger charge is 2.36. The predicted octanol–water partition coefficient (Wildman–Crippen LogP) is 1.95. The van der Waals surface area contributed by atoms with E-state index in [0.29, 0.717) is 17.1 Å². The molecule has 1 N–H and O–H groups in total. The standard InChI is InChI=1S/C17H14N2O5/c1-23-12-5-2-4-11(8-12)9-14-15(20)18-17(22)19(16(14)21)10-13-6-3-7-24-13/h2-9H,10H2,1H3,(H,18,20,22)/b14-9+. The monoisotopic (exact) mass is 326 g/mol. The average Bonchev–Trinajstić information content (AvgIpc) is 3.09. The van der Waals surface area contributed by atoms with E-state index < -0.39 is 17.8 Å². The van der Waals surface area contributed by atoms with Crippen LogP contribution < -0.4 is 10.1 Å². The van der Waals surface area contributed by atoms with E-state index in [-0.39, 0.29) is 12.1 Å². The summed E-state index contributed by atoms with van der Waals surface area (Å²) in [7, 11) is 1.52. The van der Waals surface area contributed by atoms with Crippen molar-refractivity contribution in [1.29, 1.82) is 0 Å². The van der Waals surface area contributed by atoms with Crippen molar-refractivity contribution >= 4 is 23.9 Å². The van der Waals surface area contributed by atoms with Gasteiger partial charge in [-0.15, -0.1) is 0 Å². The fraction of sp³-hybridized carbons (Fsp3) is 0.118. The molecule has 7 heteroatoms. The van der Waals surface area contributed by atoms with Gasteiger partial charge < -0.3 is 9.15 Å². The first-order valence-electron chi connectivity index (χ1n) is 7.14. The normalized spacial score (nSPS) is 16.5. The first-order valence-corrected chi connectivity index (χ1v) is 7.14. The van der Waals surface area contributed by atoms with Crippen LogP contribution in [-0.2, 0) is 16.1 Å². The molecule has 3 rings (SSSR count). The lowest BCUT2D eigenvalue weighted by Crippen LogP contribution is -2.53. The molecular formula is C17H14N2O5. The highest BCUT2D eigenvalue weighted by atomic mass is 16.5. The maximum absolute atomic E-state index is 12.5. The summed E-state index contributed by atoms with van der Waals surface area (Å²) in [4.78, 5) is 37.4. The molecule has 24 heavy (non-hydrogen) atoms.